The van der Waals surface area contributed by atoms with Crippen molar-refractivity contribution in [3.05, 3.63) is 53.6 Å². The topological polar surface area (TPSA) is 46.6 Å². The van der Waals surface area contributed by atoms with Crippen LogP contribution in [-0.4, -0.2) is 11.8 Å². The smallest absolute Gasteiger partial charge is 0.237 e. The second-order valence-electron chi connectivity index (χ2n) is 9.19. The SMILES string of the molecule is Cc1ccc(C(C)C)c(Oc2ccc(N3C(=O)C4C5CCC(C5)C4C3=O)cc2)c1. The van der Waals surface area contributed by atoms with Crippen LogP contribution in [0.5, 0.6) is 11.5 Å². The summed E-state index contributed by atoms with van der Waals surface area (Å²) >= 11 is 0. The predicted molar refractivity (Wildman–Crippen MR) is 112 cm³/mol. The number of nitrogens with zero attached hydrogens (tertiary/aromatic N) is 1. The Bertz CT molecular complexity index is 950. The highest BCUT2D eigenvalue weighted by Crippen LogP contribution is 2.56. The Morgan fingerprint density at radius 3 is 2.14 bits per heavy atom. The first-order valence-electron chi connectivity index (χ1n) is 10.7. The second-order valence-corrected chi connectivity index (χ2v) is 9.19. The van der Waals surface area contributed by atoms with E-state index in [0.717, 1.165) is 36.1 Å². The molecule has 2 aromatic rings. The molecule has 2 aliphatic carbocycles. The van der Waals surface area contributed by atoms with Crippen molar-refractivity contribution in [1.29, 1.82) is 0 Å². The molecule has 5 rings (SSSR count). The molecule has 3 aliphatic rings. The standard InChI is InChI=1S/C25H27NO3/c1-14(2)20-11-4-15(3)12-21(20)29-19-9-7-18(8-10-19)26-24(27)22-16-5-6-17(13-16)23(22)25(26)28/h4,7-12,14,16-17,22-23H,5-6,13H2,1-3H3. The minimum atomic E-state index is -0.0851. The summed E-state index contributed by atoms with van der Waals surface area (Å²) in [5.41, 5.74) is 2.97. The zero-order chi connectivity index (χ0) is 20.3. The van der Waals surface area contributed by atoms with Gasteiger partial charge in [0.15, 0.2) is 0 Å². The normalized spacial score (nSPS) is 27.8. The lowest BCUT2D eigenvalue weighted by Crippen LogP contribution is -2.32. The van der Waals surface area contributed by atoms with Crippen molar-refractivity contribution in [2.45, 2.75) is 46.0 Å². The fourth-order valence-electron chi connectivity index (χ4n) is 5.66. The van der Waals surface area contributed by atoms with E-state index in [1.165, 1.54) is 4.90 Å². The lowest BCUT2D eigenvalue weighted by atomic mass is 9.81. The number of anilines is 1. The molecule has 0 N–H and O–H groups in total. The van der Waals surface area contributed by atoms with E-state index < -0.39 is 0 Å². The molecular formula is C25H27NO3. The number of amides is 2. The van der Waals surface area contributed by atoms with Crippen molar-refractivity contribution in [1.82, 2.24) is 0 Å². The molecule has 1 heterocycles. The highest BCUT2D eigenvalue weighted by molar-refractivity contribution is 6.22. The molecule has 4 atom stereocenters. The van der Waals surface area contributed by atoms with Gasteiger partial charge in [-0.15, -0.1) is 0 Å². The quantitative estimate of drug-likeness (QED) is 0.654. The minimum Gasteiger partial charge on any atom is -0.457 e. The van der Waals surface area contributed by atoms with Gasteiger partial charge in [-0.25, -0.2) is 0 Å². The van der Waals surface area contributed by atoms with Gasteiger partial charge in [0.2, 0.25) is 11.8 Å². The van der Waals surface area contributed by atoms with E-state index in [2.05, 4.69) is 32.9 Å². The molecule has 2 aromatic carbocycles. The third kappa shape index (κ3) is 2.88. The van der Waals surface area contributed by atoms with Crippen molar-refractivity contribution in [3.63, 3.8) is 0 Å². The summed E-state index contributed by atoms with van der Waals surface area (Å²) in [5.74, 6) is 2.57. The Labute approximate surface area is 171 Å². The monoisotopic (exact) mass is 389 g/mol. The first-order valence-corrected chi connectivity index (χ1v) is 10.7. The largest absolute Gasteiger partial charge is 0.457 e. The number of hydrogen-bond donors (Lipinski definition) is 0. The fourth-order valence-corrected chi connectivity index (χ4v) is 5.66. The molecule has 2 bridgehead atoms. The van der Waals surface area contributed by atoms with Gasteiger partial charge in [0.25, 0.3) is 0 Å². The Balaban J connectivity index is 1.39. The van der Waals surface area contributed by atoms with Crippen LogP contribution < -0.4 is 9.64 Å². The van der Waals surface area contributed by atoms with E-state index in [9.17, 15) is 9.59 Å². The van der Waals surface area contributed by atoms with Gasteiger partial charge in [-0.2, -0.15) is 0 Å². The molecule has 3 fully saturated rings. The van der Waals surface area contributed by atoms with E-state index in [1.807, 2.05) is 30.3 Å². The number of benzene rings is 2. The van der Waals surface area contributed by atoms with Crippen LogP contribution in [-0.2, 0) is 9.59 Å². The number of fused-ring (bicyclic) bond motifs is 5. The van der Waals surface area contributed by atoms with Gasteiger partial charge >= 0.3 is 0 Å². The van der Waals surface area contributed by atoms with Crippen molar-refractivity contribution in [2.75, 3.05) is 4.90 Å². The molecule has 4 nitrogen and oxygen atoms in total. The zero-order valence-corrected chi connectivity index (χ0v) is 17.2. The molecule has 4 unspecified atom stereocenters. The third-order valence-electron chi connectivity index (χ3n) is 7.04. The third-order valence-corrected chi connectivity index (χ3v) is 7.04. The van der Waals surface area contributed by atoms with Gasteiger partial charge in [-0.3, -0.25) is 14.5 Å². The van der Waals surface area contributed by atoms with Crippen LogP contribution in [0.4, 0.5) is 5.69 Å². The van der Waals surface area contributed by atoms with Crippen LogP contribution in [0.15, 0.2) is 42.5 Å². The average molecular weight is 389 g/mol. The minimum absolute atomic E-state index is 0.00152. The molecule has 2 saturated carbocycles. The molecule has 1 saturated heterocycles. The van der Waals surface area contributed by atoms with Gasteiger partial charge in [-0.05, 0) is 85.4 Å². The second kappa shape index (κ2) is 6.72. The summed E-state index contributed by atoms with van der Waals surface area (Å²) in [6.45, 7) is 6.35. The molecule has 4 heteroatoms. The van der Waals surface area contributed by atoms with Crippen molar-refractivity contribution in [2.24, 2.45) is 23.7 Å². The van der Waals surface area contributed by atoms with Crippen molar-refractivity contribution < 1.29 is 14.3 Å². The summed E-state index contributed by atoms with van der Waals surface area (Å²) in [5, 5.41) is 0. The molecule has 1 aliphatic heterocycles. The highest BCUT2D eigenvalue weighted by atomic mass is 16.5. The lowest BCUT2D eigenvalue weighted by Gasteiger charge is -2.19. The van der Waals surface area contributed by atoms with Gasteiger partial charge in [0.05, 0.1) is 17.5 Å². The number of ether oxygens (including phenoxy) is 1. The molecule has 0 radical (unpaired) electrons. The Hall–Kier alpha value is -2.62. The first kappa shape index (κ1) is 18.4. The maximum atomic E-state index is 13.0. The Morgan fingerprint density at radius 2 is 1.55 bits per heavy atom. The number of carbonyl (C=O) groups is 2. The molecular weight excluding hydrogens is 362 g/mol. The number of carbonyl (C=O) groups excluding carboxylic acids is 2. The molecule has 0 spiro atoms. The maximum absolute atomic E-state index is 13.0. The van der Waals surface area contributed by atoms with Crippen LogP contribution in [0.2, 0.25) is 0 Å². The van der Waals surface area contributed by atoms with Crippen LogP contribution in [0, 0.1) is 30.6 Å². The Kier molecular flexibility index (Phi) is 4.27. The molecule has 150 valence electrons. The summed E-state index contributed by atoms with van der Waals surface area (Å²) < 4.78 is 6.15. The van der Waals surface area contributed by atoms with E-state index in [4.69, 9.17) is 4.74 Å². The van der Waals surface area contributed by atoms with Crippen LogP contribution in [0.3, 0.4) is 0 Å². The van der Waals surface area contributed by atoms with Gasteiger partial charge in [0.1, 0.15) is 11.5 Å². The lowest BCUT2D eigenvalue weighted by molar-refractivity contribution is -0.123. The summed E-state index contributed by atoms with van der Waals surface area (Å²) in [7, 11) is 0. The van der Waals surface area contributed by atoms with Crippen molar-refractivity contribution >= 4 is 17.5 Å². The molecule has 29 heavy (non-hydrogen) atoms. The summed E-state index contributed by atoms with van der Waals surface area (Å²) in [4.78, 5) is 27.4. The molecule has 2 amide bonds. The number of rotatable bonds is 4. The van der Waals surface area contributed by atoms with Gasteiger partial charge < -0.3 is 4.74 Å². The number of imide groups is 1. The van der Waals surface area contributed by atoms with Crippen molar-refractivity contribution in [3.8, 4) is 11.5 Å². The van der Waals surface area contributed by atoms with Crippen LogP contribution in [0.25, 0.3) is 0 Å². The first-order chi connectivity index (χ1) is 13.9. The number of aryl methyl sites for hydroxylation is 1. The van der Waals surface area contributed by atoms with E-state index in [-0.39, 0.29) is 23.7 Å². The highest BCUT2D eigenvalue weighted by Gasteiger charge is 2.61. The van der Waals surface area contributed by atoms with Gasteiger partial charge in [-0.1, -0.05) is 26.0 Å². The van der Waals surface area contributed by atoms with E-state index in [0.29, 0.717) is 29.2 Å². The number of hydrogen-bond acceptors (Lipinski definition) is 3. The van der Waals surface area contributed by atoms with E-state index in [1.54, 1.807) is 0 Å². The average Bonchev–Trinajstić information content (AvgIpc) is 3.36. The zero-order valence-electron chi connectivity index (χ0n) is 17.2. The van der Waals surface area contributed by atoms with Crippen LogP contribution >= 0.6 is 0 Å². The van der Waals surface area contributed by atoms with E-state index >= 15 is 0 Å². The Morgan fingerprint density at radius 1 is 0.931 bits per heavy atom. The van der Waals surface area contributed by atoms with Crippen LogP contribution in [0.1, 0.15) is 50.2 Å². The summed E-state index contributed by atoms with van der Waals surface area (Å²) in [6, 6.07) is 13.6. The fraction of sp³-hybridized carbons (Fsp3) is 0.440. The van der Waals surface area contributed by atoms with Gasteiger partial charge in [0, 0.05) is 0 Å². The predicted octanol–water partition coefficient (Wildman–Crippen LogP) is 5.45. The molecule has 0 aromatic heterocycles. The maximum Gasteiger partial charge on any atom is 0.237 e. The summed E-state index contributed by atoms with van der Waals surface area (Å²) in [6.07, 6.45) is 3.25.